The van der Waals surface area contributed by atoms with E-state index < -0.39 is 5.24 Å². The monoisotopic (exact) mass is 217 g/mol. The van der Waals surface area contributed by atoms with Crippen LogP contribution in [-0.4, -0.2) is 12.3 Å². The zero-order valence-corrected chi connectivity index (χ0v) is 8.52. The van der Waals surface area contributed by atoms with Crippen LogP contribution in [0, 0.1) is 0 Å². The third-order valence-corrected chi connectivity index (χ3v) is 1.84. The van der Waals surface area contributed by atoms with E-state index in [0.29, 0.717) is 16.5 Å². The van der Waals surface area contributed by atoms with Crippen LogP contribution in [0.1, 0.15) is 0 Å². The number of thiol groups is 1. The zero-order valence-electron chi connectivity index (χ0n) is 6.87. The molecule has 1 N–H and O–H groups in total. The Morgan fingerprint density at radius 3 is 2.77 bits per heavy atom. The van der Waals surface area contributed by atoms with Crippen LogP contribution in [0.15, 0.2) is 18.2 Å². The summed E-state index contributed by atoms with van der Waals surface area (Å²) in [5.41, 5.74) is 0.516. The molecule has 0 heterocycles. The molecule has 70 valence electrons. The highest BCUT2D eigenvalue weighted by Gasteiger charge is 2.03. The minimum absolute atomic E-state index is 0.418. The molecule has 0 aliphatic carbocycles. The maximum Gasteiger partial charge on any atom is 0.280 e. The summed E-state index contributed by atoms with van der Waals surface area (Å²) >= 11 is 9.39. The summed E-state index contributed by atoms with van der Waals surface area (Å²) in [7, 11) is 1.54. The number of amides is 1. The third kappa shape index (κ3) is 2.82. The van der Waals surface area contributed by atoms with Crippen LogP contribution in [0.3, 0.4) is 0 Å². The van der Waals surface area contributed by atoms with Gasteiger partial charge in [-0.3, -0.25) is 4.79 Å². The molecule has 0 radical (unpaired) electrons. The Hall–Kier alpha value is -0.870. The molecule has 3 nitrogen and oxygen atoms in total. The number of carbonyl (C=O) groups excluding carboxylic acids is 1. The van der Waals surface area contributed by atoms with Crippen LogP contribution >= 0.6 is 24.2 Å². The highest BCUT2D eigenvalue weighted by molar-refractivity contribution is 7.96. The van der Waals surface area contributed by atoms with Crippen LogP contribution in [-0.2, 0) is 0 Å². The van der Waals surface area contributed by atoms with Gasteiger partial charge in [-0.2, -0.15) is 0 Å². The second-order valence-corrected chi connectivity index (χ2v) is 3.09. The Balaban J connectivity index is 2.91. The van der Waals surface area contributed by atoms with E-state index in [1.807, 2.05) is 0 Å². The molecular weight excluding hydrogens is 210 g/mol. The number of hydrogen-bond donors (Lipinski definition) is 2. The van der Waals surface area contributed by atoms with Gasteiger partial charge in [-0.25, -0.2) is 0 Å². The molecule has 1 aromatic carbocycles. The predicted octanol–water partition coefficient (Wildman–Crippen LogP) is 2.81. The molecule has 1 aromatic rings. The van der Waals surface area contributed by atoms with Crippen molar-refractivity contribution in [2.75, 3.05) is 12.4 Å². The molecular formula is C8H8ClNO2S. The van der Waals surface area contributed by atoms with Crippen molar-refractivity contribution in [3.8, 4) is 5.75 Å². The summed E-state index contributed by atoms with van der Waals surface area (Å²) in [6.45, 7) is 0. The number of benzene rings is 1. The number of methoxy groups -OCH3 is 1. The lowest BCUT2D eigenvalue weighted by molar-refractivity contribution is 0.270. The van der Waals surface area contributed by atoms with Crippen LogP contribution in [0.4, 0.5) is 10.5 Å². The molecule has 0 aliphatic heterocycles. The van der Waals surface area contributed by atoms with Gasteiger partial charge in [0, 0.05) is 6.07 Å². The van der Waals surface area contributed by atoms with Crippen LogP contribution in [0.25, 0.3) is 0 Å². The van der Waals surface area contributed by atoms with Crippen molar-refractivity contribution in [2.45, 2.75) is 0 Å². The van der Waals surface area contributed by atoms with Gasteiger partial charge >= 0.3 is 0 Å². The van der Waals surface area contributed by atoms with Gasteiger partial charge in [-0.15, -0.1) is 0 Å². The number of halogens is 1. The number of rotatable bonds is 2. The van der Waals surface area contributed by atoms with Crippen molar-refractivity contribution >= 4 is 35.2 Å². The van der Waals surface area contributed by atoms with Gasteiger partial charge in [-0.1, -0.05) is 24.2 Å². The van der Waals surface area contributed by atoms with Gasteiger partial charge in [0.2, 0.25) is 0 Å². The predicted molar refractivity (Wildman–Crippen MR) is 56.0 cm³/mol. The van der Waals surface area contributed by atoms with Crippen molar-refractivity contribution in [2.24, 2.45) is 0 Å². The van der Waals surface area contributed by atoms with Crippen molar-refractivity contribution in [3.63, 3.8) is 0 Å². The second kappa shape index (κ2) is 4.39. The summed E-state index contributed by atoms with van der Waals surface area (Å²) in [5, 5.41) is 2.43. The summed E-state index contributed by atoms with van der Waals surface area (Å²) < 4.78 is 4.94. The summed E-state index contributed by atoms with van der Waals surface area (Å²) in [6, 6.07) is 4.96. The van der Waals surface area contributed by atoms with E-state index in [0.717, 1.165) is 0 Å². The van der Waals surface area contributed by atoms with E-state index >= 15 is 0 Å². The zero-order chi connectivity index (χ0) is 9.84. The van der Waals surface area contributed by atoms with Crippen molar-refractivity contribution < 1.29 is 9.53 Å². The Labute approximate surface area is 86.4 Å². The second-order valence-electron chi connectivity index (χ2n) is 2.28. The lowest BCUT2D eigenvalue weighted by atomic mass is 10.3. The largest absolute Gasteiger partial charge is 0.497 e. The van der Waals surface area contributed by atoms with Gasteiger partial charge < -0.3 is 10.1 Å². The van der Waals surface area contributed by atoms with Crippen LogP contribution < -0.4 is 10.1 Å². The first-order valence-electron chi connectivity index (χ1n) is 3.47. The molecule has 5 heteroatoms. The van der Waals surface area contributed by atoms with Gasteiger partial charge in [0.25, 0.3) is 5.24 Å². The number of carbonyl (C=O) groups is 1. The highest BCUT2D eigenvalue weighted by atomic mass is 35.5. The van der Waals surface area contributed by atoms with E-state index in [-0.39, 0.29) is 0 Å². The van der Waals surface area contributed by atoms with E-state index in [1.165, 1.54) is 0 Å². The first kappa shape index (κ1) is 10.2. The molecule has 1 rings (SSSR count). The van der Waals surface area contributed by atoms with E-state index in [2.05, 4.69) is 17.9 Å². The lowest BCUT2D eigenvalue weighted by Gasteiger charge is -2.05. The molecule has 0 spiro atoms. The Morgan fingerprint density at radius 2 is 2.31 bits per heavy atom. The average molecular weight is 218 g/mol. The molecule has 1 amide bonds. The van der Waals surface area contributed by atoms with Gasteiger partial charge in [0.05, 0.1) is 17.8 Å². The van der Waals surface area contributed by atoms with Crippen molar-refractivity contribution in [3.05, 3.63) is 23.2 Å². The van der Waals surface area contributed by atoms with Crippen molar-refractivity contribution in [1.82, 2.24) is 0 Å². The van der Waals surface area contributed by atoms with Gasteiger partial charge in [-0.05, 0) is 12.1 Å². The number of anilines is 1. The van der Waals surface area contributed by atoms with Gasteiger partial charge in [0.1, 0.15) is 5.75 Å². The minimum Gasteiger partial charge on any atom is -0.497 e. The molecule has 0 fully saturated rings. The summed E-state index contributed by atoms with van der Waals surface area (Å²) in [4.78, 5) is 10.6. The molecule has 0 unspecified atom stereocenters. The molecule has 0 bridgehead atoms. The molecule has 0 aromatic heterocycles. The molecule has 0 saturated carbocycles. The minimum atomic E-state index is -0.452. The summed E-state index contributed by atoms with van der Waals surface area (Å²) in [5.74, 6) is 0.641. The Bertz CT molecular complexity index is 330. The van der Waals surface area contributed by atoms with E-state index in [1.54, 1.807) is 25.3 Å². The lowest BCUT2D eigenvalue weighted by Crippen LogP contribution is -2.01. The first-order chi connectivity index (χ1) is 6.13. The number of ether oxygens (including phenoxy) is 1. The third-order valence-electron chi connectivity index (χ3n) is 1.42. The number of hydrogen-bond acceptors (Lipinski definition) is 2. The molecule has 0 aliphatic rings. The van der Waals surface area contributed by atoms with E-state index in [4.69, 9.17) is 16.3 Å². The van der Waals surface area contributed by atoms with E-state index in [9.17, 15) is 4.79 Å². The molecule has 0 atom stereocenters. The maximum absolute atomic E-state index is 10.6. The van der Waals surface area contributed by atoms with Crippen LogP contribution in [0.5, 0.6) is 5.75 Å². The Kier molecular flexibility index (Phi) is 3.45. The quantitative estimate of drug-likeness (QED) is 0.748. The first-order valence-corrected chi connectivity index (χ1v) is 4.29. The van der Waals surface area contributed by atoms with Crippen molar-refractivity contribution in [1.29, 1.82) is 0 Å². The molecule has 13 heavy (non-hydrogen) atoms. The fourth-order valence-electron chi connectivity index (χ4n) is 0.839. The highest BCUT2D eigenvalue weighted by Crippen LogP contribution is 2.26. The fourth-order valence-corrected chi connectivity index (χ4v) is 1.18. The smallest absolute Gasteiger partial charge is 0.280 e. The number of nitrogens with one attached hydrogen (secondary N) is 1. The maximum atomic E-state index is 10.6. The standard InChI is InChI=1S/C8H8ClNO2S/c1-12-5-2-3-7(6(9)4-5)10-8(11)13/h2-4H,1H3,(H2,10,11,13). The molecule has 0 saturated heterocycles. The normalized spacial score (nSPS) is 9.46. The average Bonchev–Trinajstić information content (AvgIpc) is 2.08. The SMILES string of the molecule is COc1ccc(NC(=O)S)c(Cl)c1. The topological polar surface area (TPSA) is 38.3 Å². The van der Waals surface area contributed by atoms with Gasteiger partial charge in [0.15, 0.2) is 0 Å². The fraction of sp³-hybridized carbons (Fsp3) is 0.125. The van der Waals surface area contributed by atoms with Crippen LogP contribution in [0.2, 0.25) is 5.02 Å². The Morgan fingerprint density at radius 1 is 1.62 bits per heavy atom. The summed E-state index contributed by atoms with van der Waals surface area (Å²) in [6.07, 6.45) is 0.